The molecule has 1 aliphatic heterocycles. The first-order valence-corrected chi connectivity index (χ1v) is 9.04. The molecule has 2 amide bonds. The molecule has 2 aromatic rings. The summed E-state index contributed by atoms with van der Waals surface area (Å²) in [7, 11) is 0. The zero-order valence-corrected chi connectivity index (χ0v) is 14.7. The van der Waals surface area contributed by atoms with E-state index in [4.69, 9.17) is 0 Å². The third-order valence-electron chi connectivity index (χ3n) is 5.13. The quantitative estimate of drug-likeness (QED) is 0.873. The second-order valence-corrected chi connectivity index (χ2v) is 7.12. The monoisotopic (exact) mass is 364 g/mol. The number of anilines is 1. The molecule has 2 aromatic carbocycles. The van der Waals surface area contributed by atoms with Crippen LogP contribution >= 0.6 is 0 Å². The van der Waals surface area contributed by atoms with E-state index >= 15 is 0 Å². The summed E-state index contributed by atoms with van der Waals surface area (Å²) in [6, 6.07) is 14.1. The van der Waals surface area contributed by atoms with Crippen LogP contribution in [0.15, 0.2) is 48.5 Å². The van der Waals surface area contributed by atoms with Gasteiger partial charge in [-0.3, -0.25) is 14.4 Å². The molecule has 1 atom stereocenters. The van der Waals surface area contributed by atoms with Crippen LogP contribution in [0.5, 0.6) is 0 Å². The van der Waals surface area contributed by atoms with Crippen LogP contribution in [0.1, 0.15) is 40.2 Å². The highest BCUT2D eigenvalue weighted by molar-refractivity contribution is 5.97. The molecule has 2 N–H and O–H groups in total. The predicted molar refractivity (Wildman–Crippen MR) is 99.4 cm³/mol. The van der Waals surface area contributed by atoms with Crippen LogP contribution in [0.25, 0.3) is 0 Å². The van der Waals surface area contributed by atoms with Crippen molar-refractivity contribution in [2.75, 3.05) is 11.9 Å². The van der Waals surface area contributed by atoms with Gasteiger partial charge in [-0.2, -0.15) is 0 Å². The average Bonchev–Trinajstić information content (AvgIpc) is 3.52. The fourth-order valence-electron chi connectivity index (χ4n) is 3.44. The fourth-order valence-corrected chi connectivity index (χ4v) is 3.44. The van der Waals surface area contributed by atoms with E-state index in [0.29, 0.717) is 17.8 Å². The minimum absolute atomic E-state index is 0.0195. The Morgan fingerprint density at radius 3 is 2.37 bits per heavy atom. The van der Waals surface area contributed by atoms with Gasteiger partial charge in [0.2, 0.25) is 5.91 Å². The predicted octanol–water partition coefficient (Wildman–Crippen LogP) is 2.86. The first-order valence-electron chi connectivity index (χ1n) is 9.04. The molecule has 1 unspecified atom stereocenters. The number of carbonyl (C=O) groups is 3. The Hall–Kier alpha value is -3.15. The zero-order valence-electron chi connectivity index (χ0n) is 14.7. The summed E-state index contributed by atoms with van der Waals surface area (Å²) >= 11 is 0. The van der Waals surface area contributed by atoms with Crippen molar-refractivity contribution in [3.05, 3.63) is 65.2 Å². The number of rotatable bonds is 4. The molecular formula is C21H20N2O4. The lowest BCUT2D eigenvalue weighted by atomic mass is 9.89. The van der Waals surface area contributed by atoms with Crippen LogP contribution in [0.2, 0.25) is 0 Å². The third-order valence-corrected chi connectivity index (χ3v) is 5.13. The second kappa shape index (κ2) is 6.87. The SMILES string of the molecule is O=C(Nc1ccc(C(=O)N2Cc3ccccc3C(C(=O)O)C2)cc1)C1CC1. The van der Waals surface area contributed by atoms with E-state index in [9.17, 15) is 19.5 Å². The van der Waals surface area contributed by atoms with Gasteiger partial charge >= 0.3 is 5.97 Å². The molecule has 0 radical (unpaired) electrons. The van der Waals surface area contributed by atoms with Crippen LogP contribution in [0.3, 0.4) is 0 Å². The second-order valence-electron chi connectivity index (χ2n) is 7.12. The number of fused-ring (bicyclic) bond motifs is 1. The van der Waals surface area contributed by atoms with Crippen LogP contribution in [0, 0.1) is 5.92 Å². The number of nitrogens with one attached hydrogen (secondary N) is 1. The van der Waals surface area contributed by atoms with Crippen LogP contribution in [0.4, 0.5) is 5.69 Å². The molecule has 138 valence electrons. The molecule has 27 heavy (non-hydrogen) atoms. The number of carbonyl (C=O) groups excluding carboxylic acids is 2. The van der Waals surface area contributed by atoms with Gasteiger partial charge in [-0.1, -0.05) is 24.3 Å². The normalized spacial score (nSPS) is 18.5. The summed E-state index contributed by atoms with van der Waals surface area (Å²) in [6.45, 7) is 0.532. The maximum atomic E-state index is 12.9. The van der Waals surface area contributed by atoms with Gasteiger partial charge in [0.05, 0.1) is 5.92 Å². The van der Waals surface area contributed by atoms with Gasteiger partial charge in [0.25, 0.3) is 5.91 Å². The highest BCUT2D eigenvalue weighted by Gasteiger charge is 2.33. The molecule has 1 aliphatic carbocycles. The van der Waals surface area contributed by atoms with Crippen molar-refractivity contribution in [3.8, 4) is 0 Å². The van der Waals surface area contributed by atoms with E-state index in [1.165, 1.54) is 0 Å². The molecule has 0 saturated heterocycles. The Bertz CT molecular complexity index is 903. The van der Waals surface area contributed by atoms with Crippen molar-refractivity contribution in [1.82, 2.24) is 4.90 Å². The first kappa shape index (κ1) is 17.3. The van der Waals surface area contributed by atoms with Gasteiger partial charge < -0.3 is 15.3 Å². The van der Waals surface area contributed by atoms with E-state index in [2.05, 4.69) is 5.32 Å². The van der Waals surface area contributed by atoms with Gasteiger partial charge in [-0.05, 0) is 48.2 Å². The van der Waals surface area contributed by atoms with Gasteiger partial charge in [0.15, 0.2) is 0 Å². The summed E-state index contributed by atoms with van der Waals surface area (Å²) in [5.41, 5.74) is 2.77. The van der Waals surface area contributed by atoms with E-state index in [1.807, 2.05) is 24.3 Å². The maximum absolute atomic E-state index is 12.9. The Labute approximate surface area is 156 Å². The lowest BCUT2D eigenvalue weighted by molar-refractivity contribution is -0.139. The number of carboxylic acid groups (broad SMARTS) is 1. The molecule has 6 nitrogen and oxygen atoms in total. The molecule has 0 spiro atoms. The number of hydrogen-bond donors (Lipinski definition) is 2. The first-order chi connectivity index (χ1) is 13.0. The van der Waals surface area contributed by atoms with Crippen molar-refractivity contribution in [1.29, 1.82) is 0 Å². The molecule has 0 aromatic heterocycles. The highest BCUT2D eigenvalue weighted by Crippen LogP contribution is 2.31. The van der Waals surface area contributed by atoms with Crippen LogP contribution in [-0.2, 0) is 16.1 Å². The topological polar surface area (TPSA) is 86.7 Å². The van der Waals surface area contributed by atoms with E-state index in [1.54, 1.807) is 29.2 Å². The lowest BCUT2D eigenvalue weighted by Gasteiger charge is -2.33. The minimum atomic E-state index is -0.932. The smallest absolute Gasteiger partial charge is 0.312 e. The third kappa shape index (κ3) is 3.56. The standard InChI is InChI=1S/C21H20N2O4/c24-19(13-5-6-13)22-16-9-7-14(8-10-16)20(25)23-11-15-3-1-2-4-17(15)18(12-23)21(26)27/h1-4,7-10,13,18H,5-6,11-12H2,(H,22,24)(H,26,27). The number of amides is 2. The van der Waals surface area contributed by atoms with Crippen LogP contribution in [-0.4, -0.2) is 34.3 Å². The minimum Gasteiger partial charge on any atom is -0.481 e. The van der Waals surface area contributed by atoms with E-state index in [-0.39, 0.29) is 24.3 Å². The van der Waals surface area contributed by atoms with Gasteiger partial charge in [-0.15, -0.1) is 0 Å². The summed E-state index contributed by atoms with van der Waals surface area (Å²) in [5.74, 6) is -1.73. The number of hydrogen-bond acceptors (Lipinski definition) is 3. The molecule has 0 bridgehead atoms. The molecule has 6 heteroatoms. The number of benzene rings is 2. The van der Waals surface area contributed by atoms with Crippen molar-refractivity contribution in [2.24, 2.45) is 5.92 Å². The number of aliphatic carboxylic acids is 1. The Balaban J connectivity index is 1.50. The fraction of sp³-hybridized carbons (Fsp3) is 0.286. The molecular weight excluding hydrogens is 344 g/mol. The van der Waals surface area contributed by atoms with Gasteiger partial charge in [0.1, 0.15) is 0 Å². The number of carboxylic acids is 1. The summed E-state index contributed by atoms with van der Waals surface area (Å²) in [4.78, 5) is 37.9. The Morgan fingerprint density at radius 2 is 1.70 bits per heavy atom. The molecule has 1 fully saturated rings. The van der Waals surface area contributed by atoms with Crippen LogP contribution < -0.4 is 5.32 Å². The molecule has 2 aliphatic rings. The van der Waals surface area contributed by atoms with Crippen molar-refractivity contribution >= 4 is 23.5 Å². The van der Waals surface area contributed by atoms with E-state index < -0.39 is 11.9 Å². The van der Waals surface area contributed by atoms with Crippen molar-refractivity contribution in [3.63, 3.8) is 0 Å². The molecule has 1 saturated carbocycles. The summed E-state index contributed by atoms with van der Waals surface area (Å²) in [5, 5.41) is 12.4. The molecule has 4 rings (SSSR count). The van der Waals surface area contributed by atoms with Gasteiger partial charge in [0, 0.05) is 30.3 Å². The molecule has 1 heterocycles. The van der Waals surface area contributed by atoms with Gasteiger partial charge in [-0.25, -0.2) is 0 Å². The van der Waals surface area contributed by atoms with Crippen molar-refractivity contribution < 1.29 is 19.5 Å². The Morgan fingerprint density at radius 1 is 1.00 bits per heavy atom. The number of nitrogens with zero attached hydrogens (tertiary/aromatic N) is 1. The van der Waals surface area contributed by atoms with E-state index in [0.717, 1.165) is 24.0 Å². The average molecular weight is 364 g/mol. The maximum Gasteiger partial charge on any atom is 0.312 e. The summed E-state index contributed by atoms with van der Waals surface area (Å²) in [6.07, 6.45) is 1.87. The zero-order chi connectivity index (χ0) is 19.0. The lowest BCUT2D eigenvalue weighted by Crippen LogP contribution is -2.40. The summed E-state index contributed by atoms with van der Waals surface area (Å²) < 4.78 is 0. The largest absolute Gasteiger partial charge is 0.481 e. The van der Waals surface area contributed by atoms with Crippen molar-refractivity contribution in [2.45, 2.75) is 25.3 Å². The Kier molecular flexibility index (Phi) is 4.39. The highest BCUT2D eigenvalue weighted by atomic mass is 16.4.